The molecule has 0 aliphatic heterocycles. The average molecular weight is 327 g/mol. The van der Waals surface area contributed by atoms with Crippen molar-refractivity contribution in [2.24, 2.45) is 5.10 Å². The van der Waals surface area contributed by atoms with Gasteiger partial charge in [0.05, 0.1) is 12.8 Å². The molecular formula is C16H17N5O3. The smallest absolute Gasteiger partial charge is 0.367 e. The number of esters is 1. The van der Waals surface area contributed by atoms with Crippen LogP contribution in [0.15, 0.2) is 40.4 Å². The first-order chi connectivity index (χ1) is 11.6. The van der Waals surface area contributed by atoms with Gasteiger partial charge in [-0.15, -0.1) is 0 Å². The van der Waals surface area contributed by atoms with Crippen molar-refractivity contribution in [1.29, 1.82) is 0 Å². The van der Waals surface area contributed by atoms with Gasteiger partial charge in [-0.3, -0.25) is 4.79 Å². The van der Waals surface area contributed by atoms with E-state index in [1.807, 2.05) is 30.5 Å². The number of hydrogen-bond acceptors (Lipinski definition) is 5. The molecule has 2 heterocycles. The van der Waals surface area contributed by atoms with Gasteiger partial charge in [-0.25, -0.2) is 9.48 Å². The van der Waals surface area contributed by atoms with Crippen molar-refractivity contribution in [2.45, 2.75) is 20.4 Å². The third-order valence-corrected chi connectivity index (χ3v) is 3.49. The summed E-state index contributed by atoms with van der Waals surface area (Å²) in [7, 11) is 0. The number of para-hydroxylation sites is 1. The molecule has 0 fully saturated rings. The first-order valence-electron chi connectivity index (χ1n) is 7.52. The van der Waals surface area contributed by atoms with Crippen LogP contribution < -0.4 is 5.69 Å². The fourth-order valence-corrected chi connectivity index (χ4v) is 2.39. The summed E-state index contributed by atoms with van der Waals surface area (Å²) in [5.74, 6) is -0.120. The van der Waals surface area contributed by atoms with E-state index in [0.717, 1.165) is 25.8 Å². The van der Waals surface area contributed by atoms with Crippen molar-refractivity contribution >= 4 is 23.1 Å². The average Bonchev–Trinajstić information content (AvgIpc) is 3.08. The van der Waals surface area contributed by atoms with Gasteiger partial charge in [-0.2, -0.15) is 14.9 Å². The molecule has 124 valence electrons. The number of aromatic nitrogens is 4. The van der Waals surface area contributed by atoms with E-state index in [1.54, 1.807) is 20.1 Å². The molecule has 1 N–H and O–H groups in total. The van der Waals surface area contributed by atoms with Crippen LogP contribution in [-0.4, -0.2) is 38.2 Å². The summed E-state index contributed by atoms with van der Waals surface area (Å²) >= 11 is 0. The number of aryl methyl sites for hydroxylation is 1. The zero-order valence-corrected chi connectivity index (χ0v) is 13.4. The van der Waals surface area contributed by atoms with Crippen molar-refractivity contribution in [3.8, 4) is 0 Å². The molecule has 24 heavy (non-hydrogen) atoms. The summed E-state index contributed by atoms with van der Waals surface area (Å²) in [6.07, 6.45) is 3.40. The van der Waals surface area contributed by atoms with Gasteiger partial charge in [-0.05, 0) is 19.9 Å². The molecule has 0 bridgehead atoms. The Kier molecular flexibility index (Phi) is 4.28. The van der Waals surface area contributed by atoms with Gasteiger partial charge in [-0.1, -0.05) is 18.2 Å². The van der Waals surface area contributed by atoms with Crippen LogP contribution in [0.2, 0.25) is 0 Å². The van der Waals surface area contributed by atoms with E-state index < -0.39 is 11.7 Å². The molecular weight excluding hydrogens is 310 g/mol. The van der Waals surface area contributed by atoms with Gasteiger partial charge in [0.15, 0.2) is 5.82 Å². The van der Waals surface area contributed by atoms with E-state index in [2.05, 4.69) is 15.2 Å². The Morgan fingerprint density at radius 2 is 2.21 bits per heavy atom. The van der Waals surface area contributed by atoms with Crippen molar-refractivity contribution in [3.05, 3.63) is 52.3 Å². The van der Waals surface area contributed by atoms with E-state index >= 15 is 0 Å². The maximum Gasteiger partial charge on any atom is 0.367 e. The zero-order chi connectivity index (χ0) is 17.1. The number of H-pyrrole nitrogens is 1. The van der Waals surface area contributed by atoms with Crippen molar-refractivity contribution in [3.63, 3.8) is 0 Å². The van der Waals surface area contributed by atoms with E-state index in [1.165, 1.54) is 0 Å². The van der Waals surface area contributed by atoms with Crippen LogP contribution in [0.4, 0.5) is 0 Å². The summed E-state index contributed by atoms with van der Waals surface area (Å²) in [6, 6.07) is 7.80. The fourth-order valence-electron chi connectivity index (χ4n) is 2.39. The minimum atomic E-state index is -0.509. The predicted octanol–water partition coefficient (Wildman–Crippen LogP) is 1.28. The first-order valence-corrected chi connectivity index (χ1v) is 7.52. The molecule has 3 rings (SSSR count). The molecule has 0 amide bonds. The lowest BCUT2D eigenvalue weighted by molar-refractivity contribution is -0.144. The summed E-state index contributed by atoms with van der Waals surface area (Å²) in [6.45, 7) is 3.38. The molecule has 0 aliphatic carbocycles. The Bertz CT molecular complexity index is 964. The highest BCUT2D eigenvalue weighted by Crippen LogP contribution is 2.15. The van der Waals surface area contributed by atoms with Gasteiger partial charge in [0.1, 0.15) is 6.54 Å². The molecule has 3 aromatic rings. The topological polar surface area (TPSA) is 94.3 Å². The molecule has 0 saturated carbocycles. The fraction of sp³-hybridized carbons (Fsp3) is 0.250. The second-order valence-electron chi connectivity index (χ2n) is 5.14. The molecule has 8 nitrogen and oxygen atoms in total. The summed E-state index contributed by atoms with van der Waals surface area (Å²) in [5, 5.41) is 9.24. The van der Waals surface area contributed by atoms with Gasteiger partial charge < -0.3 is 9.72 Å². The van der Waals surface area contributed by atoms with E-state index in [9.17, 15) is 9.59 Å². The lowest BCUT2D eigenvalue weighted by Gasteiger charge is -1.99. The second kappa shape index (κ2) is 6.53. The number of ether oxygens (including phenoxy) is 1. The second-order valence-corrected chi connectivity index (χ2v) is 5.14. The van der Waals surface area contributed by atoms with Gasteiger partial charge >= 0.3 is 11.7 Å². The van der Waals surface area contributed by atoms with Gasteiger partial charge in [0.25, 0.3) is 0 Å². The number of aromatic amines is 1. The minimum Gasteiger partial charge on any atom is -0.465 e. The quantitative estimate of drug-likeness (QED) is 0.564. The molecule has 0 saturated heterocycles. The van der Waals surface area contributed by atoms with Crippen molar-refractivity contribution in [1.82, 2.24) is 19.4 Å². The number of carbonyl (C=O) groups is 1. The molecule has 0 radical (unpaired) electrons. The van der Waals surface area contributed by atoms with E-state index in [0.29, 0.717) is 5.82 Å². The van der Waals surface area contributed by atoms with Gasteiger partial charge in [0, 0.05) is 22.7 Å². The van der Waals surface area contributed by atoms with E-state index in [-0.39, 0.29) is 13.2 Å². The molecule has 0 aliphatic rings. The lowest BCUT2D eigenvalue weighted by atomic mass is 10.2. The third kappa shape index (κ3) is 2.98. The normalized spacial score (nSPS) is 11.4. The predicted molar refractivity (Wildman–Crippen MR) is 89.1 cm³/mol. The Balaban J connectivity index is 1.89. The van der Waals surface area contributed by atoms with Crippen LogP contribution >= 0.6 is 0 Å². The highest BCUT2D eigenvalue weighted by molar-refractivity contribution is 5.98. The summed E-state index contributed by atoms with van der Waals surface area (Å²) in [5.41, 5.74) is 1.35. The first kappa shape index (κ1) is 15.7. The summed E-state index contributed by atoms with van der Waals surface area (Å²) in [4.78, 5) is 26.9. The number of rotatable bonds is 5. The third-order valence-electron chi connectivity index (χ3n) is 3.49. The number of carbonyl (C=O) groups excluding carboxylic acids is 1. The highest BCUT2D eigenvalue weighted by atomic mass is 16.5. The molecule has 2 aromatic heterocycles. The SMILES string of the molecule is CCOC(=O)Cn1nc(C)n(/N=C/c2c[nH]c3ccccc23)c1=O. The molecule has 8 heteroatoms. The number of hydrogen-bond donors (Lipinski definition) is 1. The monoisotopic (exact) mass is 327 g/mol. The van der Waals surface area contributed by atoms with Crippen LogP contribution in [0.3, 0.4) is 0 Å². The van der Waals surface area contributed by atoms with Crippen LogP contribution in [0.5, 0.6) is 0 Å². The molecule has 0 spiro atoms. The molecule has 1 aromatic carbocycles. The highest BCUT2D eigenvalue weighted by Gasteiger charge is 2.13. The van der Waals surface area contributed by atoms with Crippen LogP contribution in [-0.2, 0) is 16.1 Å². The molecule has 0 atom stereocenters. The van der Waals surface area contributed by atoms with Crippen LogP contribution in [0, 0.1) is 6.92 Å². The van der Waals surface area contributed by atoms with Crippen LogP contribution in [0.1, 0.15) is 18.3 Å². The Morgan fingerprint density at radius 1 is 1.42 bits per heavy atom. The lowest BCUT2D eigenvalue weighted by Crippen LogP contribution is -2.27. The van der Waals surface area contributed by atoms with E-state index in [4.69, 9.17) is 4.74 Å². The summed E-state index contributed by atoms with van der Waals surface area (Å²) < 4.78 is 7.02. The Morgan fingerprint density at radius 3 is 3.00 bits per heavy atom. The standard InChI is InChI=1S/C16H17N5O3/c1-3-24-15(22)10-20-16(23)21(11(2)19-20)18-9-12-8-17-14-7-5-4-6-13(12)14/h4-9,17H,3,10H2,1-2H3/b18-9+. The Hall–Kier alpha value is -3.16. The van der Waals surface area contributed by atoms with Crippen molar-refractivity contribution in [2.75, 3.05) is 6.61 Å². The van der Waals surface area contributed by atoms with Crippen molar-refractivity contribution < 1.29 is 9.53 Å². The van der Waals surface area contributed by atoms with Crippen LogP contribution in [0.25, 0.3) is 10.9 Å². The number of nitrogens with zero attached hydrogens (tertiary/aromatic N) is 4. The Labute approximate surface area is 137 Å². The number of benzene rings is 1. The maximum atomic E-state index is 12.3. The number of fused-ring (bicyclic) bond motifs is 1. The zero-order valence-electron chi connectivity index (χ0n) is 13.4. The van der Waals surface area contributed by atoms with Gasteiger partial charge in [0.2, 0.25) is 0 Å². The minimum absolute atomic E-state index is 0.233. The maximum absolute atomic E-state index is 12.3. The number of nitrogens with one attached hydrogen (secondary N) is 1. The largest absolute Gasteiger partial charge is 0.465 e. The molecule has 0 unspecified atom stereocenters.